The third kappa shape index (κ3) is 2.81. The fraction of sp³-hybridized carbons (Fsp3) is 0.833. The predicted molar refractivity (Wildman–Crippen MR) is 66.4 cm³/mol. The first-order valence-corrected chi connectivity index (χ1v) is 6.57. The van der Waals surface area contributed by atoms with Crippen molar-refractivity contribution < 1.29 is 9.15 Å². The van der Waals surface area contributed by atoms with Gasteiger partial charge in [0.1, 0.15) is 0 Å². The van der Waals surface area contributed by atoms with E-state index in [9.17, 15) is 0 Å². The lowest BCUT2D eigenvalue weighted by Crippen LogP contribution is -2.48. The number of anilines is 1. The number of hydrogen-bond donors (Lipinski definition) is 1. The Morgan fingerprint density at radius 2 is 2.22 bits per heavy atom. The molecule has 2 aliphatic rings. The van der Waals surface area contributed by atoms with E-state index in [0.717, 1.165) is 13.1 Å². The van der Waals surface area contributed by atoms with Gasteiger partial charge in [-0.05, 0) is 26.7 Å². The Balaban J connectivity index is 1.60. The van der Waals surface area contributed by atoms with E-state index >= 15 is 0 Å². The van der Waals surface area contributed by atoms with Gasteiger partial charge in [-0.25, -0.2) is 0 Å². The van der Waals surface area contributed by atoms with Crippen LogP contribution in [-0.2, 0) is 11.3 Å². The number of morpholine rings is 1. The van der Waals surface area contributed by atoms with Crippen LogP contribution in [0.15, 0.2) is 4.42 Å². The summed E-state index contributed by atoms with van der Waals surface area (Å²) >= 11 is 0. The number of aromatic nitrogens is 2. The van der Waals surface area contributed by atoms with Crippen LogP contribution >= 0.6 is 0 Å². The van der Waals surface area contributed by atoms with E-state index in [0.29, 0.717) is 31.1 Å². The van der Waals surface area contributed by atoms with Crippen LogP contribution in [-0.4, -0.2) is 41.5 Å². The summed E-state index contributed by atoms with van der Waals surface area (Å²) in [4.78, 5) is 2.09. The van der Waals surface area contributed by atoms with Crippen molar-refractivity contribution in [2.45, 2.75) is 44.9 Å². The van der Waals surface area contributed by atoms with Crippen molar-refractivity contribution in [3.8, 4) is 0 Å². The van der Waals surface area contributed by atoms with E-state index in [1.54, 1.807) is 0 Å². The van der Waals surface area contributed by atoms with Crippen LogP contribution < -0.4 is 10.2 Å². The third-order valence-corrected chi connectivity index (χ3v) is 3.27. The van der Waals surface area contributed by atoms with Crippen molar-refractivity contribution in [2.75, 3.05) is 24.6 Å². The monoisotopic (exact) mass is 252 g/mol. The Bertz CT molecular complexity index is 414. The zero-order valence-electron chi connectivity index (χ0n) is 11.0. The highest BCUT2D eigenvalue weighted by molar-refractivity contribution is 5.26. The molecule has 1 aliphatic carbocycles. The van der Waals surface area contributed by atoms with E-state index in [2.05, 4.69) is 34.3 Å². The fourth-order valence-electron chi connectivity index (χ4n) is 2.14. The largest absolute Gasteiger partial charge is 0.407 e. The summed E-state index contributed by atoms with van der Waals surface area (Å²) in [7, 11) is 0. The van der Waals surface area contributed by atoms with Crippen LogP contribution in [0.5, 0.6) is 0 Å². The van der Waals surface area contributed by atoms with Crippen molar-refractivity contribution >= 4 is 6.01 Å². The van der Waals surface area contributed by atoms with Crippen LogP contribution in [0.2, 0.25) is 0 Å². The van der Waals surface area contributed by atoms with E-state index < -0.39 is 0 Å². The van der Waals surface area contributed by atoms with Crippen LogP contribution in [0.25, 0.3) is 0 Å². The Morgan fingerprint density at radius 1 is 1.39 bits per heavy atom. The molecule has 1 saturated carbocycles. The molecular weight excluding hydrogens is 232 g/mol. The molecule has 1 N–H and O–H groups in total. The Hall–Kier alpha value is -1.14. The fourth-order valence-corrected chi connectivity index (χ4v) is 2.14. The zero-order valence-corrected chi connectivity index (χ0v) is 11.0. The van der Waals surface area contributed by atoms with Crippen molar-refractivity contribution in [1.29, 1.82) is 0 Å². The molecule has 100 valence electrons. The van der Waals surface area contributed by atoms with E-state index in [4.69, 9.17) is 9.15 Å². The summed E-state index contributed by atoms with van der Waals surface area (Å²) in [5.74, 6) is 0.668. The second-order valence-corrected chi connectivity index (χ2v) is 5.66. The minimum atomic E-state index is -0.154. The average Bonchev–Trinajstić information content (AvgIpc) is 3.02. The van der Waals surface area contributed by atoms with Gasteiger partial charge in [0.25, 0.3) is 0 Å². The molecule has 6 heteroatoms. The van der Waals surface area contributed by atoms with Crippen LogP contribution in [0.3, 0.4) is 0 Å². The molecule has 0 atom stereocenters. The lowest BCUT2D eigenvalue weighted by atomic mass is 10.1. The van der Waals surface area contributed by atoms with Gasteiger partial charge in [-0.3, -0.25) is 0 Å². The number of ether oxygens (including phenoxy) is 1. The molecule has 3 rings (SSSR count). The molecule has 1 saturated heterocycles. The number of rotatable bonds is 4. The zero-order chi connectivity index (χ0) is 12.6. The van der Waals surface area contributed by atoms with Crippen molar-refractivity contribution in [2.24, 2.45) is 0 Å². The highest BCUT2D eigenvalue weighted by Crippen LogP contribution is 2.23. The minimum absolute atomic E-state index is 0.154. The first kappa shape index (κ1) is 11.9. The summed E-state index contributed by atoms with van der Waals surface area (Å²) in [5, 5.41) is 11.6. The second kappa shape index (κ2) is 4.51. The van der Waals surface area contributed by atoms with Gasteiger partial charge in [0.2, 0.25) is 5.89 Å². The maximum atomic E-state index is 5.68. The second-order valence-electron chi connectivity index (χ2n) is 5.66. The quantitative estimate of drug-likeness (QED) is 0.860. The lowest BCUT2D eigenvalue weighted by molar-refractivity contribution is -0.0290. The first-order chi connectivity index (χ1) is 8.62. The maximum Gasteiger partial charge on any atom is 0.318 e. The van der Waals surface area contributed by atoms with E-state index in [1.165, 1.54) is 12.8 Å². The molecule has 0 radical (unpaired) electrons. The summed E-state index contributed by atoms with van der Waals surface area (Å²) in [6.07, 6.45) is 2.53. The molecule has 0 amide bonds. The number of hydrogen-bond acceptors (Lipinski definition) is 6. The highest BCUT2D eigenvalue weighted by atomic mass is 16.5. The maximum absolute atomic E-state index is 5.68. The van der Waals surface area contributed by atoms with Crippen LogP contribution in [0, 0.1) is 0 Å². The number of nitrogens with zero attached hydrogens (tertiary/aromatic N) is 3. The molecule has 1 aromatic heterocycles. The van der Waals surface area contributed by atoms with Gasteiger partial charge in [-0.2, -0.15) is 0 Å². The smallest absolute Gasteiger partial charge is 0.318 e. The van der Waals surface area contributed by atoms with Crippen molar-refractivity contribution in [1.82, 2.24) is 15.5 Å². The summed E-state index contributed by atoms with van der Waals surface area (Å²) in [6.45, 7) is 7.11. The van der Waals surface area contributed by atoms with Gasteiger partial charge in [-0.15, -0.1) is 5.10 Å². The molecule has 6 nitrogen and oxygen atoms in total. The Morgan fingerprint density at radius 3 is 2.94 bits per heavy atom. The molecule has 1 aromatic rings. The summed E-state index contributed by atoms with van der Waals surface area (Å²) < 4.78 is 11.3. The molecule has 0 bridgehead atoms. The first-order valence-electron chi connectivity index (χ1n) is 6.57. The normalized spacial score (nSPS) is 23.3. The standard InChI is InChI=1S/C12H20N4O2/c1-12(2)8-16(5-6-17-12)11-15-14-10(18-11)7-13-9-3-4-9/h9,13H,3-8H2,1-2H3. The summed E-state index contributed by atoms with van der Waals surface area (Å²) in [5.41, 5.74) is -0.154. The van der Waals surface area contributed by atoms with Gasteiger partial charge >= 0.3 is 6.01 Å². The van der Waals surface area contributed by atoms with E-state index in [1.807, 2.05) is 0 Å². The highest BCUT2D eigenvalue weighted by Gasteiger charge is 2.30. The molecule has 2 fully saturated rings. The molecule has 1 aliphatic heterocycles. The van der Waals surface area contributed by atoms with Gasteiger partial charge in [-0.1, -0.05) is 5.10 Å². The van der Waals surface area contributed by atoms with Crippen molar-refractivity contribution in [3.63, 3.8) is 0 Å². The Labute approximate surface area is 107 Å². The molecule has 0 unspecified atom stereocenters. The van der Waals surface area contributed by atoms with Crippen molar-refractivity contribution in [3.05, 3.63) is 5.89 Å². The Kier molecular flexibility index (Phi) is 2.99. The minimum Gasteiger partial charge on any atom is -0.407 e. The molecule has 0 aromatic carbocycles. The lowest BCUT2D eigenvalue weighted by Gasteiger charge is -2.36. The SMILES string of the molecule is CC1(C)CN(c2nnc(CNC3CC3)o2)CCO1. The average molecular weight is 252 g/mol. The molecular formula is C12H20N4O2. The van der Waals surface area contributed by atoms with Crippen LogP contribution in [0.1, 0.15) is 32.6 Å². The summed E-state index contributed by atoms with van der Waals surface area (Å²) in [6, 6.07) is 1.27. The topological polar surface area (TPSA) is 63.4 Å². The molecule has 0 spiro atoms. The van der Waals surface area contributed by atoms with Gasteiger partial charge < -0.3 is 19.4 Å². The van der Waals surface area contributed by atoms with Gasteiger partial charge in [0.15, 0.2) is 0 Å². The number of nitrogens with one attached hydrogen (secondary N) is 1. The third-order valence-electron chi connectivity index (χ3n) is 3.27. The molecule has 18 heavy (non-hydrogen) atoms. The van der Waals surface area contributed by atoms with Crippen LogP contribution in [0.4, 0.5) is 6.01 Å². The van der Waals surface area contributed by atoms with Gasteiger partial charge in [0, 0.05) is 12.6 Å². The van der Waals surface area contributed by atoms with E-state index in [-0.39, 0.29) is 5.60 Å². The molecule has 2 heterocycles. The van der Waals surface area contributed by atoms with Gasteiger partial charge in [0.05, 0.1) is 25.3 Å². The predicted octanol–water partition coefficient (Wildman–Crippen LogP) is 0.937.